The summed E-state index contributed by atoms with van der Waals surface area (Å²) in [6.07, 6.45) is 1.44. The van der Waals surface area contributed by atoms with Crippen molar-refractivity contribution in [3.05, 3.63) is 65.2 Å². The molecule has 4 nitrogen and oxygen atoms in total. The van der Waals surface area contributed by atoms with Gasteiger partial charge in [0.05, 0.1) is 0 Å². The maximum absolute atomic E-state index is 12.1. The number of carbonyl (C=O) groups excluding carboxylic acids is 1. The van der Waals surface area contributed by atoms with Crippen LogP contribution in [-0.4, -0.2) is 11.0 Å². The minimum Gasteiger partial charge on any atom is -0.508 e. The second kappa shape index (κ2) is 6.40. The molecule has 0 aromatic heterocycles. The van der Waals surface area contributed by atoms with E-state index in [0.29, 0.717) is 11.3 Å². The Bertz CT molecular complexity index is 742. The third-order valence-corrected chi connectivity index (χ3v) is 2.82. The van der Waals surface area contributed by atoms with Gasteiger partial charge in [-0.15, -0.1) is 0 Å². The Labute approximate surface area is 123 Å². The molecule has 4 heteroatoms. The third kappa shape index (κ3) is 3.95. The Hall–Kier alpha value is -3.06. The number of hydrogen-bond donors (Lipinski definition) is 2. The molecule has 21 heavy (non-hydrogen) atoms. The highest BCUT2D eigenvalue weighted by Gasteiger charge is 2.09. The van der Waals surface area contributed by atoms with Gasteiger partial charge < -0.3 is 10.4 Å². The fourth-order valence-electron chi connectivity index (χ4n) is 1.85. The van der Waals surface area contributed by atoms with Crippen molar-refractivity contribution in [1.29, 1.82) is 5.26 Å². The molecule has 2 N–H and O–H groups in total. The van der Waals surface area contributed by atoms with E-state index < -0.39 is 5.91 Å². The van der Waals surface area contributed by atoms with Crippen molar-refractivity contribution in [2.75, 3.05) is 5.32 Å². The van der Waals surface area contributed by atoms with Crippen LogP contribution in [0.4, 0.5) is 5.69 Å². The SMILES string of the molecule is Cc1cccc(NC(=O)C(C#N)=Cc2cccc(O)c2)c1. The number of nitriles is 1. The lowest BCUT2D eigenvalue weighted by atomic mass is 10.1. The van der Waals surface area contributed by atoms with Crippen molar-refractivity contribution < 1.29 is 9.90 Å². The van der Waals surface area contributed by atoms with E-state index in [-0.39, 0.29) is 11.3 Å². The lowest BCUT2D eigenvalue weighted by molar-refractivity contribution is -0.112. The van der Waals surface area contributed by atoms with Crippen LogP contribution in [0.2, 0.25) is 0 Å². The molecule has 0 bridgehead atoms. The molecule has 2 aromatic carbocycles. The molecule has 1 amide bonds. The van der Waals surface area contributed by atoms with Gasteiger partial charge in [0.1, 0.15) is 17.4 Å². The van der Waals surface area contributed by atoms with Crippen molar-refractivity contribution in [2.24, 2.45) is 0 Å². The molecule has 0 atom stereocenters. The van der Waals surface area contributed by atoms with Gasteiger partial charge in [-0.1, -0.05) is 24.3 Å². The summed E-state index contributed by atoms with van der Waals surface area (Å²) in [5.74, 6) is -0.397. The number of aromatic hydroxyl groups is 1. The number of phenolic OH excluding ortho intramolecular Hbond substituents is 1. The van der Waals surface area contributed by atoms with Gasteiger partial charge in [-0.2, -0.15) is 5.26 Å². The Kier molecular flexibility index (Phi) is 4.37. The second-order valence-corrected chi connectivity index (χ2v) is 4.59. The van der Waals surface area contributed by atoms with Crippen LogP contribution < -0.4 is 5.32 Å². The fraction of sp³-hybridized carbons (Fsp3) is 0.0588. The number of phenols is 1. The van der Waals surface area contributed by atoms with Crippen LogP contribution in [0.25, 0.3) is 6.08 Å². The summed E-state index contributed by atoms with van der Waals surface area (Å²) in [5, 5.41) is 21.2. The maximum Gasteiger partial charge on any atom is 0.266 e. The largest absolute Gasteiger partial charge is 0.508 e. The summed E-state index contributed by atoms with van der Waals surface area (Å²) in [4.78, 5) is 12.1. The van der Waals surface area contributed by atoms with Crippen LogP contribution in [0.5, 0.6) is 5.75 Å². The van der Waals surface area contributed by atoms with E-state index in [0.717, 1.165) is 5.56 Å². The van der Waals surface area contributed by atoms with Gasteiger partial charge in [0.25, 0.3) is 5.91 Å². The number of rotatable bonds is 3. The van der Waals surface area contributed by atoms with Gasteiger partial charge in [0.15, 0.2) is 0 Å². The average molecular weight is 278 g/mol. The molecule has 0 spiro atoms. The molecule has 0 saturated heterocycles. The average Bonchev–Trinajstić information content (AvgIpc) is 2.44. The van der Waals surface area contributed by atoms with Crippen molar-refractivity contribution in [2.45, 2.75) is 6.92 Å². The zero-order valence-corrected chi connectivity index (χ0v) is 11.5. The first-order valence-corrected chi connectivity index (χ1v) is 6.37. The lowest BCUT2D eigenvalue weighted by Crippen LogP contribution is -2.13. The number of carbonyl (C=O) groups is 1. The summed E-state index contributed by atoms with van der Waals surface area (Å²) in [6.45, 7) is 1.92. The van der Waals surface area contributed by atoms with E-state index in [1.807, 2.05) is 31.2 Å². The molecule has 0 heterocycles. The number of nitrogens with zero attached hydrogens (tertiary/aromatic N) is 1. The quantitative estimate of drug-likeness (QED) is 0.668. The monoisotopic (exact) mass is 278 g/mol. The fourth-order valence-corrected chi connectivity index (χ4v) is 1.85. The first kappa shape index (κ1) is 14.4. The zero-order chi connectivity index (χ0) is 15.2. The van der Waals surface area contributed by atoms with E-state index >= 15 is 0 Å². The van der Waals surface area contributed by atoms with E-state index in [4.69, 9.17) is 5.26 Å². The minimum absolute atomic E-state index is 0.0258. The second-order valence-electron chi connectivity index (χ2n) is 4.59. The highest BCUT2D eigenvalue weighted by atomic mass is 16.3. The van der Waals surface area contributed by atoms with E-state index in [9.17, 15) is 9.90 Å². The van der Waals surface area contributed by atoms with Crippen molar-refractivity contribution in [1.82, 2.24) is 0 Å². The van der Waals surface area contributed by atoms with Crippen LogP contribution >= 0.6 is 0 Å². The lowest BCUT2D eigenvalue weighted by Gasteiger charge is -2.05. The van der Waals surface area contributed by atoms with Gasteiger partial charge in [0, 0.05) is 5.69 Å². The predicted molar refractivity (Wildman–Crippen MR) is 81.5 cm³/mol. The smallest absolute Gasteiger partial charge is 0.266 e. The summed E-state index contributed by atoms with van der Waals surface area (Å²) in [7, 11) is 0. The molecular formula is C17H14N2O2. The van der Waals surface area contributed by atoms with Crippen LogP contribution in [0.1, 0.15) is 11.1 Å². The van der Waals surface area contributed by atoms with Crippen molar-refractivity contribution in [3.8, 4) is 11.8 Å². The first-order chi connectivity index (χ1) is 10.1. The summed E-state index contributed by atoms with van der Waals surface area (Å²) < 4.78 is 0. The molecular weight excluding hydrogens is 264 g/mol. The minimum atomic E-state index is -0.480. The maximum atomic E-state index is 12.1. The number of benzene rings is 2. The molecule has 0 unspecified atom stereocenters. The van der Waals surface area contributed by atoms with Gasteiger partial charge in [-0.3, -0.25) is 4.79 Å². The van der Waals surface area contributed by atoms with Crippen LogP contribution in [0.15, 0.2) is 54.1 Å². The molecule has 0 fully saturated rings. The first-order valence-electron chi connectivity index (χ1n) is 6.37. The van der Waals surface area contributed by atoms with Gasteiger partial charge in [-0.25, -0.2) is 0 Å². The van der Waals surface area contributed by atoms with Crippen LogP contribution in [0, 0.1) is 18.3 Å². The highest BCUT2D eigenvalue weighted by Crippen LogP contribution is 2.15. The topological polar surface area (TPSA) is 73.1 Å². The number of hydrogen-bond acceptors (Lipinski definition) is 3. The number of aryl methyl sites for hydroxylation is 1. The molecule has 0 radical (unpaired) electrons. The summed E-state index contributed by atoms with van der Waals surface area (Å²) >= 11 is 0. The van der Waals surface area contributed by atoms with E-state index in [1.165, 1.54) is 18.2 Å². The molecule has 2 aromatic rings. The van der Waals surface area contributed by atoms with Gasteiger partial charge in [0.2, 0.25) is 0 Å². The van der Waals surface area contributed by atoms with Gasteiger partial charge >= 0.3 is 0 Å². The van der Waals surface area contributed by atoms with Crippen molar-refractivity contribution in [3.63, 3.8) is 0 Å². The predicted octanol–water partition coefficient (Wildman–Crippen LogP) is 3.25. The molecule has 0 aliphatic heterocycles. The van der Waals surface area contributed by atoms with Crippen LogP contribution in [-0.2, 0) is 4.79 Å². The Balaban J connectivity index is 2.21. The molecule has 104 valence electrons. The summed E-state index contributed by atoms with van der Waals surface area (Å²) in [6, 6.07) is 15.6. The number of anilines is 1. The Morgan fingerprint density at radius 1 is 1.24 bits per heavy atom. The van der Waals surface area contributed by atoms with Crippen LogP contribution in [0.3, 0.4) is 0 Å². The Morgan fingerprint density at radius 3 is 2.67 bits per heavy atom. The summed E-state index contributed by atoms with van der Waals surface area (Å²) in [5.41, 5.74) is 2.22. The molecule has 0 aliphatic carbocycles. The third-order valence-electron chi connectivity index (χ3n) is 2.82. The van der Waals surface area contributed by atoms with E-state index in [1.54, 1.807) is 18.2 Å². The number of nitrogens with one attached hydrogen (secondary N) is 1. The zero-order valence-electron chi connectivity index (χ0n) is 11.5. The Morgan fingerprint density at radius 2 is 2.00 bits per heavy atom. The van der Waals surface area contributed by atoms with E-state index in [2.05, 4.69) is 5.32 Å². The normalized spacial score (nSPS) is 10.8. The standard InChI is InChI=1S/C17H14N2O2/c1-12-4-2-6-15(8-12)19-17(21)14(11-18)9-13-5-3-7-16(20)10-13/h2-10,20H,1H3,(H,19,21). The van der Waals surface area contributed by atoms with Gasteiger partial charge in [-0.05, 0) is 48.4 Å². The highest BCUT2D eigenvalue weighted by molar-refractivity contribution is 6.09. The molecule has 0 aliphatic rings. The molecule has 2 rings (SSSR count). The number of amides is 1. The van der Waals surface area contributed by atoms with Crippen molar-refractivity contribution >= 4 is 17.7 Å². The molecule has 0 saturated carbocycles.